The molecule has 1 amide bonds. The molecule has 1 fully saturated rings. The average Bonchev–Trinajstić information content (AvgIpc) is 3.41. The van der Waals surface area contributed by atoms with Crippen LogP contribution >= 0.6 is 22.9 Å². The Morgan fingerprint density at radius 1 is 1.27 bits per heavy atom. The van der Waals surface area contributed by atoms with Gasteiger partial charge >= 0.3 is 0 Å². The number of carbonyl (C=O) groups excluding carboxylic acids is 1. The van der Waals surface area contributed by atoms with Crippen LogP contribution in [0.4, 0.5) is 11.0 Å². The van der Waals surface area contributed by atoms with Crippen molar-refractivity contribution in [3.63, 3.8) is 0 Å². The van der Waals surface area contributed by atoms with Crippen LogP contribution < -0.4 is 10.2 Å². The molecule has 0 spiro atoms. The van der Waals surface area contributed by atoms with Gasteiger partial charge in [0.05, 0.1) is 10.9 Å². The number of carbonyl (C=O) groups is 1. The highest BCUT2D eigenvalue weighted by atomic mass is 35.5. The minimum absolute atomic E-state index is 0.0826. The third kappa shape index (κ3) is 3.76. The quantitative estimate of drug-likeness (QED) is 0.489. The molecule has 1 N–H and O–H groups in total. The number of hydrogen-bond donors (Lipinski definition) is 1. The van der Waals surface area contributed by atoms with Crippen molar-refractivity contribution in [2.24, 2.45) is 5.92 Å². The van der Waals surface area contributed by atoms with Gasteiger partial charge in [0.2, 0.25) is 11.8 Å². The fourth-order valence-corrected chi connectivity index (χ4v) is 4.79. The maximum atomic E-state index is 12.8. The van der Waals surface area contributed by atoms with E-state index >= 15 is 0 Å². The normalized spacial score (nSPS) is 16.7. The van der Waals surface area contributed by atoms with Crippen LogP contribution in [0.3, 0.4) is 0 Å². The van der Waals surface area contributed by atoms with Crippen molar-refractivity contribution >= 4 is 50.2 Å². The van der Waals surface area contributed by atoms with Crippen LogP contribution in [-0.4, -0.2) is 34.1 Å². The summed E-state index contributed by atoms with van der Waals surface area (Å²) in [7, 11) is 0. The summed E-state index contributed by atoms with van der Waals surface area (Å²) in [5.74, 6) is 0.0737. The molecule has 1 aliphatic heterocycles. The lowest BCUT2D eigenvalue weighted by Gasteiger charge is -2.31. The van der Waals surface area contributed by atoms with Crippen LogP contribution in [0.25, 0.3) is 21.6 Å². The summed E-state index contributed by atoms with van der Waals surface area (Å²) in [5.41, 5.74) is 2.23. The smallest absolute Gasteiger partial charge is 0.231 e. The van der Waals surface area contributed by atoms with E-state index in [1.54, 1.807) is 29.7 Å². The maximum absolute atomic E-state index is 12.8. The molecule has 1 unspecified atom stereocenters. The molecule has 0 bridgehead atoms. The van der Waals surface area contributed by atoms with E-state index < -0.39 is 0 Å². The molecule has 3 aromatic heterocycles. The van der Waals surface area contributed by atoms with Crippen molar-refractivity contribution in [1.82, 2.24) is 15.1 Å². The lowest BCUT2D eigenvalue weighted by atomic mass is 9.97. The number of amides is 1. The summed E-state index contributed by atoms with van der Waals surface area (Å²) < 4.78 is 5.31. The van der Waals surface area contributed by atoms with Crippen LogP contribution in [0.1, 0.15) is 12.8 Å². The van der Waals surface area contributed by atoms with E-state index in [-0.39, 0.29) is 11.8 Å². The lowest BCUT2D eigenvalue weighted by Crippen LogP contribution is -2.40. The second-order valence-corrected chi connectivity index (χ2v) is 8.52. The van der Waals surface area contributed by atoms with Gasteiger partial charge in [0.25, 0.3) is 0 Å². The fraction of sp³-hybridized carbons (Fsp3) is 0.238. The highest BCUT2D eigenvalue weighted by molar-refractivity contribution is 7.21. The zero-order chi connectivity index (χ0) is 20.5. The first-order chi connectivity index (χ1) is 14.7. The Balaban J connectivity index is 1.28. The molecular formula is C21H18ClN5O2S. The van der Waals surface area contributed by atoms with Crippen molar-refractivity contribution in [3.05, 3.63) is 53.7 Å². The van der Waals surface area contributed by atoms with Crippen LogP contribution in [-0.2, 0) is 4.79 Å². The summed E-state index contributed by atoms with van der Waals surface area (Å²) in [6.07, 6.45) is 3.50. The molecule has 4 heterocycles. The van der Waals surface area contributed by atoms with Crippen LogP contribution in [0.2, 0.25) is 5.02 Å². The van der Waals surface area contributed by atoms with Gasteiger partial charge in [-0.3, -0.25) is 10.1 Å². The van der Waals surface area contributed by atoms with Crippen molar-refractivity contribution in [3.8, 4) is 11.3 Å². The van der Waals surface area contributed by atoms with Gasteiger partial charge in [-0.05, 0) is 31.0 Å². The zero-order valence-electron chi connectivity index (χ0n) is 15.9. The van der Waals surface area contributed by atoms with Crippen molar-refractivity contribution in [1.29, 1.82) is 0 Å². The topological polar surface area (TPSA) is 84.2 Å². The first-order valence-electron chi connectivity index (χ1n) is 9.66. The lowest BCUT2D eigenvalue weighted by molar-refractivity contribution is -0.120. The molecular weight excluding hydrogens is 422 g/mol. The van der Waals surface area contributed by atoms with E-state index in [0.717, 1.165) is 40.4 Å². The highest BCUT2D eigenvalue weighted by Crippen LogP contribution is 2.31. The van der Waals surface area contributed by atoms with Crippen LogP contribution in [0, 0.1) is 5.92 Å². The van der Waals surface area contributed by atoms with Gasteiger partial charge in [0, 0.05) is 30.9 Å². The van der Waals surface area contributed by atoms with Gasteiger partial charge in [0.15, 0.2) is 5.13 Å². The summed E-state index contributed by atoms with van der Waals surface area (Å²) in [6, 6.07) is 12.9. The average molecular weight is 440 g/mol. The molecule has 0 saturated carbocycles. The number of nitrogens with one attached hydrogen (secondary N) is 1. The molecule has 30 heavy (non-hydrogen) atoms. The molecule has 1 saturated heterocycles. The number of anilines is 2. The van der Waals surface area contributed by atoms with Crippen LogP contribution in [0.15, 0.2) is 53.2 Å². The van der Waals surface area contributed by atoms with Gasteiger partial charge in [-0.2, -0.15) is 0 Å². The first-order valence-corrected chi connectivity index (χ1v) is 10.9. The largest absolute Gasteiger partial charge is 0.347 e. The molecule has 1 aliphatic rings. The van der Waals surface area contributed by atoms with E-state index in [4.69, 9.17) is 16.1 Å². The number of pyridine rings is 1. The molecule has 0 radical (unpaired) electrons. The number of thiazole rings is 1. The Bertz CT molecular complexity index is 1170. The number of piperidine rings is 1. The molecule has 9 heteroatoms. The molecule has 4 aromatic rings. The van der Waals surface area contributed by atoms with Gasteiger partial charge in [-0.15, -0.1) is 0 Å². The number of benzene rings is 1. The second-order valence-electron chi connectivity index (χ2n) is 7.15. The molecule has 1 aromatic carbocycles. The van der Waals surface area contributed by atoms with E-state index in [9.17, 15) is 4.79 Å². The van der Waals surface area contributed by atoms with Gasteiger partial charge in [-0.25, -0.2) is 9.97 Å². The van der Waals surface area contributed by atoms with Crippen molar-refractivity contribution in [2.75, 3.05) is 23.3 Å². The number of nitrogens with zero attached hydrogens (tertiary/aromatic N) is 4. The molecule has 152 valence electrons. The van der Waals surface area contributed by atoms with E-state index in [1.165, 1.54) is 0 Å². The predicted molar refractivity (Wildman–Crippen MR) is 118 cm³/mol. The Labute approximate surface area is 181 Å². The van der Waals surface area contributed by atoms with Crippen molar-refractivity contribution < 1.29 is 9.32 Å². The Hall–Kier alpha value is -2.97. The summed E-state index contributed by atoms with van der Waals surface area (Å²) >= 11 is 7.77. The van der Waals surface area contributed by atoms with E-state index in [2.05, 4.69) is 25.3 Å². The van der Waals surface area contributed by atoms with Gasteiger partial charge in [-0.1, -0.05) is 46.3 Å². The monoisotopic (exact) mass is 439 g/mol. The second kappa shape index (κ2) is 8.04. The predicted octanol–water partition coefficient (Wildman–Crippen LogP) is 4.85. The minimum atomic E-state index is -0.160. The standard InChI is InChI=1S/C21H18ClN5O2S/c22-15-7-2-1-6-14(15)17-11-18(29-26-17)25-19(28)13-5-4-10-27(12-13)21-24-16-8-3-9-23-20(16)30-21/h1-3,6-9,11,13H,4-5,10,12H2,(H,25,28). The van der Waals surface area contributed by atoms with E-state index in [1.807, 2.05) is 30.3 Å². The third-order valence-electron chi connectivity index (χ3n) is 5.12. The number of halogens is 1. The summed E-state index contributed by atoms with van der Waals surface area (Å²) in [6.45, 7) is 1.49. The zero-order valence-corrected chi connectivity index (χ0v) is 17.5. The number of aromatic nitrogens is 3. The van der Waals surface area contributed by atoms with Crippen LogP contribution in [0.5, 0.6) is 0 Å². The molecule has 0 aliphatic carbocycles. The fourth-order valence-electron chi connectivity index (χ4n) is 3.61. The minimum Gasteiger partial charge on any atom is -0.347 e. The SMILES string of the molecule is O=C(Nc1cc(-c2ccccc2Cl)no1)C1CCCN(c2nc3cccnc3s2)C1. The Kier molecular flexibility index (Phi) is 5.10. The molecule has 5 rings (SSSR count). The van der Waals surface area contributed by atoms with E-state index in [0.29, 0.717) is 23.1 Å². The number of hydrogen-bond acceptors (Lipinski definition) is 7. The summed E-state index contributed by atoms with van der Waals surface area (Å²) in [5, 5.41) is 8.37. The molecule has 7 nitrogen and oxygen atoms in total. The number of rotatable bonds is 4. The molecule has 1 atom stereocenters. The maximum Gasteiger partial charge on any atom is 0.231 e. The first kappa shape index (κ1) is 19.0. The Morgan fingerprint density at radius 2 is 2.17 bits per heavy atom. The van der Waals surface area contributed by atoms with Crippen molar-refractivity contribution in [2.45, 2.75) is 12.8 Å². The third-order valence-corrected chi connectivity index (χ3v) is 6.49. The van der Waals surface area contributed by atoms with Gasteiger partial charge < -0.3 is 9.42 Å². The highest BCUT2D eigenvalue weighted by Gasteiger charge is 2.28. The van der Waals surface area contributed by atoms with Gasteiger partial charge in [0.1, 0.15) is 16.0 Å². The summed E-state index contributed by atoms with van der Waals surface area (Å²) in [4.78, 5) is 25.0. The number of fused-ring (bicyclic) bond motifs is 1. The Morgan fingerprint density at radius 3 is 3.03 bits per heavy atom.